The summed E-state index contributed by atoms with van der Waals surface area (Å²) in [6.45, 7) is 13.1. The van der Waals surface area contributed by atoms with Crippen molar-refractivity contribution in [2.45, 2.75) is 53.2 Å². The number of hydrogen-bond donors (Lipinski definition) is 2. The van der Waals surface area contributed by atoms with Crippen LogP contribution in [0.15, 0.2) is 0 Å². The fourth-order valence-electron chi connectivity index (χ4n) is 0.709. The first-order chi connectivity index (χ1) is 5.13. The Balaban J connectivity index is 3.80. The Morgan fingerprint density at radius 1 is 1.17 bits per heavy atom. The van der Waals surface area contributed by atoms with Crippen LogP contribution in [0.1, 0.15) is 41.5 Å². The summed E-state index contributed by atoms with van der Waals surface area (Å²) in [6.07, 6.45) is 0. The van der Waals surface area contributed by atoms with Crippen molar-refractivity contribution >= 4 is 0 Å². The summed E-state index contributed by atoms with van der Waals surface area (Å²) in [5.74, 6) is 0. The van der Waals surface area contributed by atoms with E-state index in [1.54, 1.807) is 0 Å². The van der Waals surface area contributed by atoms with Gasteiger partial charge in [0.2, 0.25) is 0 Å². The van der Waals surface area contributed by atoms with E-state index in [2.05, 4.69) is 26.1 Å². The molecule has 1 atom stereocenters. The Kier molecular flexibility index (Phi) is 3.73. The quantitative estimate of drug-likeness (QED) is 0.682. The summed E-state index contributed by atoms with van der Waals surface area (Å²) in [4.78, 5) is 0. The van der Waals surface area contributed by atoms with Gasteiger partial charge in [0.05, 0.1) is 5.60 Å². The van der Waals surface area contributed by atoms with Crippen LogP contribution >= 0.6 is 0 Å². The third-order valence-electron chi connectivity index (χ3n) is 2.00. The molecule has 0 spiro atoms. The first-order valence-electron chi connectivity index (χ1n) is 4.59. The zero-order valence-electron chi connectivity index (χ0n) is 9.23. The molecule has 0 aliphatic carbocycles. The van der Waals surface area contributed by atoms with Gasteiger partial charge in [-0.25, -0.2) is 0 Å². The van der Waals surface area contributed by atoms with E-state index in [9.17, 15) is 5.11 Å². The average molecular weight is 173 g/mol. The van der Waals surface area contributed by atoms with Crippen LogP contribution in [0.4, 0.5) is 0 Å². The van der Waals surface area contributed by atoms with Gasteiger partial charge in [-0.15, -0.1) is 0 Å². The molecule has 0 amide bonds. The summed E-state index contributed by atoms with van der Waals surface area (Å²) in [5, 5.41) is 12.9. The Labute approximate surface area is 76.4 Å². The highest BCUT2D eigenvalue weighted by atomic mass is 16.3. The van der Waals surface area contributed by atoms with Crippen LogP contribution in [0.25, 0.3) is 0 Å². The van der Waals surface area contributed by atoms with Crippen LogP contribution in [0.3, 0.4) is 0 Å². The largest absolute Gasteiger partial charge is 0.389 e. The van der Waals surface area contributed by atoms with E-state index >= 15 is 0 Å². The van der Waals surface area contributed by atoms with Crippen molar-refractivity contribution in [3.63, 3.8) is 0 Å². The molecule has 0 aromatic heterocycles. The maximum atomic E-state index is 9.62. The fraction of sp³-hybridized carbons (Fsp3) is 1.00. The van der Waals surface area contributed by atoms with Gasteiger partial charge >= 0.3 is 0 Å². The van der Waals surface area contributed by atoms with Gasteiger partial charge in [-0.3, -0.25) is 0 Å². The second-order valence-electron chi connectivity index (χ2n) is 5.32. The predicted molar refractivity (Wildman–Crippen MR) is 53.2 cm³/mol. The lowest BCUT2D eigenvalue weighted by Crippen LogP contribution is -2.47. The third kappa shape index (κ3) is 5.56. The number of rotatable bonds is 3. The SMILES string of the molecule is CC(NCC(C)(C)C)C(C)(C)O. The zero-order chi connectivity index (χ0) is 9.99. The maximum absolute atomic E-state index is 9.62. The van der Waals surface area contributed by atoms with Crippen LogP contribution in [-0.2, 0) is 0 Å². The fourth-order valence-corrected chi connectivity index (χ4v) is 0.709. The molecule has 2 N–H and O–H groups in total. The van der Waals surface area contributed by atoms with Gasteiger partial charge in [0, 0.05) is 12.6 Å². The molecule has 0 heterocycles. The second kappa shape index (κ2) is 3.75. The summed E-state index contributed by atoms with van der Waals surface area (Å²) in [6, 6.07) is 0.136. The molecule has 2 heteroatoms. The van der Waals surface area contributed by atoms with Gasteiger partial charge in [0.25, 0.3) is 0 Å². The summed E-state index contributed by atoms with van der Waals surface area (Å²) < 4.78 is 0. The topological polar surface area (TPSA) is 32.3 Å². The van der Waals surface area contributed by atoms with Crippen LogP contribution < -0.4 is 5.32 Å². The molecular weight excluding hydrogens is 150 g/mol. The molecule has 0 bridgehead atoms. The molecule has 2 nitrogen and oxygen atoms in total. The van der Waals surface area contributed by atoms with E-state index in [1.807, 2.05) is 20.8 Å². The van der Waals surface area contributed by atoms with E-state index in [4.69, 9.17) is 0 Å². The van der Waals surface area contributed by atoms with E-state index < -0.39 is 5.60 Å². The molecule has 0 aromatic carbocycles. The number of hydrogen-bond acceptors (Lipinski definition) is 2. The molecule has 12 heavy (non-hydrogen) atoms. The molecule has 0 radical (unpaired) electrons. The lowest BCUT2D eigenvalue weighted by Gasteiger charge is -2.30. The van der Waals surface area contributed by atoms with Crippen molar-refractivity contribution in [3.8, 4) is 0 Å². The molecule has 0 saturated carbocycles. The van der Waals surface area contributed by atoms with Crippen molar-refractivity contribution in [3.05, 3.63) is 0 Å². The maximum Gasteiger partial charge on any atom is 0.0741 e. The Morgan fingerprint density at radius 2 is 1.58 bits per heavy atom. The monoisotopic (exact) mass is 173 g/mol. The first-order valence-corrected chi connectivity index (χ1v) is 4.59. The van der Waals surface area contributed by atoms with E-state index in [-0.39, 0.29) is 11.5 Å². The number of aliphatic hydroxyl groups is 1. The minimum atomic E-state index is -0.634. The summed E-state index contributed by atoms with van der Waals surface area (Å²) >= 11 is 0. The molecule has 1 unspecified atom stereocenters. The lowest BCUT2D eigenvalue weighted by molar-refractivity contribution is 0.0413. The van der Waals surface area contributed by atoms with E-state index in [0.29, 0.717) is 0 Å². The van der Waals surface area contributed by atoms with Crippen LogP contribution in [0.5, 0.6) is 0 Å². The van der Waals surface area contributed by atoms with Gasteiger partial charge < -0.3 is 10.4 Å². The normalized spacial score (nSPS) is 16.2. The van der Waals surface area contributed by atoms with Gasteiger partial charge in [-0.1, -0.05) is 20.8 Å². The van der Waals surface area contributed by atoms with Crippen molar-refractivity contribution < 1.29 is 5.11 Å². The van der Waals surface area contributed by atoms with Gasteiger partial charge in [0.1, 0.15) is 0 Å². The standard InChI is InChI=1S/C10H23NO/c1-8(10(5,6)12)11-7-9(2,3)4/h8,11-12H,7H2,1-6H3. The van der Waals surface area contributed by atoms with Crippen LogP contribution in [-0.4, -0.2) is 23.3 Å². The highest BCUT2D eigenvalue weighted by molar-refractivity contribution is 4.81. The van der Waals surface area contributed by atoms with Gasteiger partial charge in [-0.2, -0.15) is 0 Å². The third-order valence-corrected chi connectivity index (χ3v) is 2.00. The molecule has 0 aliphatic heterocycles. The molecule has 0 fully saturated rings. The molecule has 0 aromatic rings. The molecular formula is C10H23NO. The minimum absolute atomic E-state index is 0.136. The van der Waals surface area contributed by atoms with E-state index in [0.717, 1.165) is 6.54 Å². The molecule has 0 aliphatic rings. The summed E-state index contributed by atoms with van der Waals surface area (Å²) in [7, 11) is 0. The molecule has 0 rings (SSSR count). The summed E-state index contributed by atoms with van der Waals surface area (Å²) in [5.41, 5.74) is -0.356. The Bertz CT molecular complexity index is 130. The van der Waals surface area contributed by atoms with Crippen LogP contribution in [0.2, 0.25) is 0 Å². The molecule has 74 valence electrons. The Morgan fingerprint density at radius 3 is 1.83 bits per heavy atom. The molecule has 0 saturated heterocycles. The van der Waals surface area contributed by atoms with Crippen molar-refractivity contribution in [1.29, 1.82) is 0 Å². The highest BCUT2D eigenvalue weighted by Crippen LogP contribution is 2.13. The lowest BCUT2D eigenvalue weighted by atomic mass is 9.94. The van der Waals surface area contributed by atoms with Crippen molar-refractivity contribution in [1.82, 2.24) is 5.32 Å². The van der Waals surface area contributed by atoms with E-state index in [1.165, 1.54) is 0 Å². The Hall–Kier alpha value is -0.0800. The van der Waals surface area contributed by atoms with Crippen molar-refractivity contribution in [2.75, 3.05) is 6.54 Å². The van der Waals surface area contributed by atoms with Crippen LogP contribution in [0, 0.1) is 5.41 Å². The number of nitrogens with one attached hydrogen (secondary N) is 1. The predicted octanol–water partition coefficient (Wildman–Crippen LogP) is 1.78. The van der Waals surface area contributed by atoms with Gasteiger partial charge in [-0.05, 0) is 26.2 Å². The van der Waals surface area contributed by atoms with Crippen molar-refractivity contribution in [2.24, 2.45) is 5.41 Å². The minimum Gasteiger partial charge on any atom is -0.389 e. The highest BCUT2D eigenvalue weighted by Gasteiger charge is 2.23. The smallest absolute Gasteiger partial charge is 0.0741 e. The average Bonchev–Trinajstić information content (AvgIpc) is 1.78. The second-order valence-corrected chi connectivity index (χ2v) is 5.32. The van der Waals surface area contributed by atoms with Gasteiger partial charge in [0.15, 0.2) is 0 Å². The zero-order valence-corrected chi connectivity index (χ0v) is 9.23. The first kappa shape index (κ1) is 11.9.